The zero-order chi connectivity index (χ0) is 55.9. The fraction of sp³-hybridized carbons (Fsp3) is 0.302. The van der Waals surface area contributed by atoms with E-state index in [2.05, 4.69) is 26.2 Å². The average molecular weight is 1080 g/mol. The molecule has 9 rings (SSSR count). The fourth-order valence-corrected chi connectivity index (χ4v) is 9.31. The highest BCUT2D eigenvalue weighted by Crippen LogP contribution is 2.40. The van der Waals surface area contributed by atoms with Gasteiger partial charge in [-0.3, -0.25) is 19.2 Å². The van der Waals surface area contributed by atoms with Gasteiger partial charge in [0.05, 0.1) is 11.1 Å². The van der Waals surface area contributed by atoms with Crippen molar-refractivity contribution in [1.82, 2.24) is 21.3 Å². The zero-order valence-corrected chi connectivity index (χ0v) is 41.6. The first-order valence-electron chi connectivity index (χ1n) is 24.4. The Hall–Kier alpha value is -9.65. The van der Waals surface area contributed by atoms with E-state index in [-0.39, 0.29) is 30.6 Å². The molecule has 25 nitrogen and oxygen atoms in total. The number of fused-ring (bicyclic) bond motifs is 2. The van der Waals surface area contributed by atoms with Crippen molar-refractivity contribution in [2.24, 2.45) is 0 Å². The Balaban J connectivity index is 0.00000397. The zero-order valence-electron chi connectivity index (χ0n) is 41.6. The number of phenolic OH excluding ortho intramolecular Hbond substituents is 4. The second-order valence-electron chi connectivity index (χ2n) is 18.1. The number of hydrogen-bond acceptors (Lipinski definition) is 20. The van der Waals surface area contributed by atoms with Gasteiger partial charge in [-0.1, -0.05) is 12.1 Å². The van der Waals surface area contributed by atoms with E-state index in [1.54, 1.807) is 6.07 Å². The molecule has 3 unspecified atom stereocenters. The van der Waals surface area contributed by atoms with Gasteiger partial charge in [0, 0.05) is 67.5 Å². The summed E-state index contributed by atoms with van der Waals surface area (Å²) >= 11 is 0. The Morgan fingerprint density at radius 3 is 1.99 bits per heavy atom. The van der Waals surface area contributed by atoms with Crippen molar-refractivity contribution in [3.8, 4) is 28.7 Å². The maximum Gasteiger partial charge on any atom is 0.349 e. The number of aromatic hydroxyl groups is 4. The van der Waals surface area contributed by atoms with Crippen LogP contribution in [0.4, 0.5) is 5.69 Å². The molecule has 1 fully saturated rings. The fourth-order valence-electron chi connectivity index (χ4n) is 9.31. The predicted octanol–water partition coefficient (Wildman–Crippen LogP) is 1.20. The van der Waals surface area contributed by atoms with Crippen molar-refractivity contribution in [3.05, 3.63) is 134 Å². The lowest BCUT2D eigenvalue weighted by Crippen LogP contribution is -2.53. The Labute approximate surface area is 441 Å². The number of amides is 4. The second-order valence-corrected chi connectivity index (χ2v) is 18.1. The SMILES string of the molecule is CO.O=C(NC1COC(=O)C(NC(=O)c2c(-[n+]3cccc(CNC(=O)c4cc5cc6c7c(c5oc4=O)CCCN7CCC6)c3)ccc(O)c2O)COC(=O)C(NC(=O)c2cccc(O)c2O)COC1=O)C1=CCCC(O)=C1O. The number of aryl methyl sites for hydroxylation is 2. The molecule has 1 saturated heterocycles. The minimum atomic E-state index is -2.00. The number of carbonyl (C=O) groups is 7. The van der Waals surface area contributed by atoms with Crippen LogP contribution in [0.15, 0.2) is 99.4 Å². The number of cyclic esters (lactones) is 3. The summed E-state index contributed by atoms with van der Waals surface area (Å²) in [6, 6.07) is 6.46. The third-order valence-corrected chi connectivity index (χ3v) is 13.1. The molecule has 25 heteroatoms. The van der Waals surface area contributed by atoms with Crippen LogP contribution in [-0.4, -0.2) is 135 Å². The van der Waals surface area contributed by atoms with Crippen LogP contribution in [0.2, 0.25) is 0 Å². The summed E-state index contributed by atoms with van der Waals surface area (Å²) in [5.41, 5.74) is 1.33. The lowest BCUT2D eigenvalue weighted by molar-refractivity contribution is -0.596. The highest BCUT2D eigenvalue weighted by molar-refractivity contribution is 6.03. The Bertz CT molecular complexity index is 3390. The van der Waals surface area contributed by atoms with Gasteiger partial charge in [-0.2, -0.15) is 4.57 Å². The molecule has 5 heterocycles. The molecule has 0 bridgehead atoms. The number of para-hydroxylation sites is 1. The first kappa shape index (κ1) is 54.6. The highest BCUT2D eigenvalue weighted by atomic mass is 16.6. The minimum Gasteiger partial charge on any atom is -0.508 e. The van der Waals surface area contributed by atoms with Crippen LogP contribution in [0.5, 0.6) is 23.0 Å². The van der Waals surface area contributed by atoms with E-state index in [1.165, 1.54) is 47.3 Å². The Morgan fingerprint density at radius 2 is 1.31 bits per heavy atom. The highest BCUT2D eigenvalue weighted by Gasteiger charge is 2.37. The van der Waals surface area contributed by atoms with Gasteiger partial charge in [-0.15, -0.1) is 0 Å². The van der Waals surface area contributed by atoms with E-state index >= 15 is 0 Å². The normalized spacial score (nSPS) is 18.4. The number of anilines is 1. The number of phenols is 4. The average Bonchev–Trinajstić information content (AvgIpc) is 3.44. The lowest BCUT2D eigenvalue weighted by Gasteiger charge is -2.37. The molecule has 0 radical (unpaired) electrons. The van der Waals surface area contributed by atoms with Crippen molar-refractivity contribution in [3.63, 3.8) is 0 Å². The van der Waals surface area contributed by atoms with E-state index < -0.39 is 136 Å². The van der Waals surface area contributed by atoms with E-state index in [4.69, 9.17) is 23.7 Å². The van der Waals surface area contributed by atoms with Crippen molar-refractivity contribution in [2.75, 3.05) is 44.9 Å². The molecule has 3 aliphatic heterocycles. The minimum absolute atomic E-state index is 0.00545. The predicted molar refractivity (Wildman–Crippen MR) is 269 cm³/mol. The molecule has 3 aromatic carbocycles. The Morgan fingerprint density at radius 1 is 0.679 bits per heavy atom. The molecule has 78 heavy (non-hydrogen) atoms. The summed E-state index contributed by atoms with van der Waals surface area (Å²) in [6.45, 7) is -1.39. The number of hydrogen-bond donors (Lipinski definition) is 11. The molecule has 2 aromatic heterocycles. The van der Waals surface area contributed by atoms with E-state index in [1.807, 2.05) is 6.07 Å². The quantitative estimate of drug-likeness (QED) is 0.0308. The number of aliphatic hydroxyl groups is 3. The third kappa shape index (κ3) is 11.4. The molecular formula is C53H53N6O19+. The van der Waals surface area contributed by atoms with Gasteiger partial charge in [0.1, 0.15) is 36.7 Å². The summed E-state index contributed by atoms with van der Waals surface area (Å²) < 4.78 is 23.0. The summed E-state index contributed by atoms with van der Waals surface area (Å²) in [4.78, 5) is 111. The molecule has 3 atom stereocenters. The first-order chi connectivity index (χ1) is 37.5. The number of aliphatic hydroxyl groups excluding tert-OH is 3. The molecule has 408 valence electrons. The number of ether oxygens (including phenoxy) is 3. The number of carbonyl (C=O) groups excluding carboxylic acids is 7. The van der Waals surface area contributed by atoms with Gasteiger partial charge < -0.3 is 80.5 Å². The monoisotopic (exact) mass is 1080 g/mol. The Kier molecular flexibility index (Phi) is 16.4. The number of benzene rings is 3. The second kappa shape index (κ2) is 23.5. The van der Waals surface area contributed by atoms with Gasteiger partial charge in [-0.25, -0.2) is 19.2 Å². The molecule has 11 N–H and O–H groups in total. The van der Waals surface area contributed by atoms with Gasteiger partial charge in [0.25, 0.3) is 23.6 Å². The number of nitrogens with zero attached hydrogens (tertiary/aromatic N) is 2. The number of esters is 3. The lowest BCUT2D eigenvalue weighted by atomic mass is 9.90. The van der Waals surface area contributed by atoms with Crippen LogP contribution >= 0.6 is 0 Å². The number of nitrogens with one attached hydrogen (secondary N) is 4. The largest absolute Gasteiger partial charge is 0.508 e. The van der Waals surface area contributed by atoms with Crippen LogP contribution < -0.4 is 36.4 Å². The smallest absolute Gasteiger partial charge is 0.349 e. The molecule has 4 aliphatic rings. The van der Waals surface area contributed by atoms with E-state index in [9.17, 15) is 69.0 Å². The molecule has 1 aliphatic carbocycles. The van der Waals surface area contributed by atoms with Crippen LogP contribution in [0.25, 0.3) is 16.7 Å². The molecule has 0 spiro atoms. The summed E-state index contributed by atoms with van der Waals surface area (Å²) in [5, 5.41) is 79.6. The molecule has 5 aromatic rings. The van der Waals surface area contributed by atoms with Gasteiger partial charge in [0.2, 0.25) is 5.69 Å². The maximum absolute atomic E-state index is 14.3. The first-order valence-corrected chi connectivity index (χ1v) is 24.4. The van der Waals surface area contributed by atoms with Crippen LogP contribution in [0.3, 0.4) is 0 Å². The summed E-state index contributed by atoms with van der Waals surface area (Å²) in [7, 11) is 1.00. The van der Waals surface area contributed by atoms with Crippen molar-refractivity contribution < 1.29 is 92.5 Å². The van der Waals surface area contributed by atoms with Gasteiger partial charge in [0.15, 0.2) is 64.8 Å². The summed E-state index contributed by atoms with van der Waals surface area (Å²) in [5.74, 6) is -13.1. The topological polar surface area (TPSA) is 374 Å². The van der Waals surface area contributed by atoms with E-state index in [0.29, 0.717) is 16.5 Å². The van der Waals surface area contributed by atoms with Crippen LogP contribution in [0, 0.1) is 0 Å². The van der Waals surface area contributed by atoms with Crippen LogP contribution in [0.1, 0.15) is 73.4 Å². The molecular weight excluding hydrogens is 1020 g/mol. The number of rotatable bonds is 10. The van der Waals surface area contributed by atoms with Gasteiger partial charge in [-0.05, 0) is 74.1 Å². The standard InChI is InChI=1S/C52H48N6O18.CH4O/c59-36-11-1-8-29(41(36)62)46(66)54-32-22-73-50(70)33(55-47(67)30-9-2-12-37(60)42(30)63)23-74-52(72)34(24-75-51(32)71)56-48(68)39-35(13-14-38(61)43(39)64)58-17-3-6-25(21-58)20-53-45(65)31-19-27-18-26-7-4-15-57-16-5-10-28(40(26)57)44(27)76-49(31)69;1-2/h1,3,6,8-9,11,13-14,17-19,21,32-34H,2,4-5,7,10,12,15-16,20,22-24H2,(H9-,53,54,55,56,59,60,61,62,63,64,65,66,67,68);2H,1H3/p+1. The van der Waals surface area contributed by atoms with Crippen LogP contribution in [-0.2, 0) is 52.8 Å². The van der Waals surface area contributed by atoms with Crippen molar-refractivity contribution in [1.29, 1.82) is 0 Å². The summed E-state index contributed by atoms with van der Waals surface area (Å²) in [6.07, 6.45) is 7.78. The third-order valence-electron chi connectivity index (χ3n) is 13.1. The van der Waals surface area contributed by atoms with Crippen molar-refractivity contribution in [2.45, 2.75) is 63.2 Å². The van der Waals surface area contributed by atoms with Gasteiger partial charge >= 0.3 is 23.5 Å². The number of allylic oxidation sites excluding steroid dienone is 2. The molecule has 0 saturated carbocycles. The maximum atomic E-state index is 14.3. The van der Waals surface area contributed by atoms with Crippen molar-refractivity contribution >= 4 is 58.2 Å². The number of aromatic nitrogens is 1. The number of pyridine rings is 1. The van der Waals surface area contributed by atoms with E-state index in [0.717, 1.165) is 80.9 Å². The molecule has 4 amide bonds.